The number of hydrogen-bond acceptors (Lipinski definition) is 3. The van der Waals surface area contributed by atoms with Gasteiger partial charge in [0.25, 0.3) is 5.91 Å². The van der Waals surface area contributed by atoms with Gasteiger partial charge in [0, 0.05) is 28.8 Å². The van der Waals surface area contributed by atoms with Gasteiger partial charge in [0.1, 0.15) is 0 Å². The fourth-order valence-corrected chi connectivity index (χ4v) is 4.24. The third-order valence-electron chi connectivity index (χ3n) is 5.26. The number of nitrogens with zero attached hydrogens (tertiary/aromatic N) is 1. The zero-order valence-electron chi connectivity index (χ0n) is 16.1. The second-order valence-electron chi connectivity index (χ2n) is 7.12. The lowest BCUT2D eigenvalue weighted by molar-refractivity contribution is 0.0954. The van der Waals surface area contributed by atoms with Crippen molar-refractivity contribution < 1.29 is 4.79 Å². The molecule has 0 radical (unpaired) electrons. The highest BCUT2D eigenvalue weighted by Gasteiger charge is 2.20. The Morgan fingerprint density at radius 1 is 1.14 bits per heavy atom. The highest BCUT2D eigenvalue weighted by atomic mass is 32.2. The van der Waals surface area contributed by atoms with Crippen LogP contribution in [-0.2, 0) is 12.8 Å². The Kier molecular flexibility index (Phi) is 5.81. The molecule has 1 aliphatic carbocycles. The van der Waals surface area contributed by atoms with Crippen LogP contribution < -0.4 is 5.32 Å². The number of hydrogen-bond donors (Lipinski definition) is 2. The number of fused-ring (bicyclic) bond motifs is 3. The second-order valence-corrected chi connectivity index (χ2v) is 8.10. The molecule has 2 aromatic carbocycles. The van der Waals surface area contributed by atoms with Gasteiger partial charge in [0.2, 0.25) is 0 Å². The number of rotatable bonds is 6. The van der Waals surface area contributed by atoms with Crippen molar-refractivity contribution in [3.8, 4) is 22.5 Å². The van der Waals surface area contributed by atoms with Crippen LogP contribution in [-0.4, -0.2) is 34.7 Å². The van der Waals surface area contributed by atoms with Gasteiger partial charge >= 0.3 is 0 Å². The molecule has 0 unspecified atom stereocenters. The van der Waals surface area contributed by atoms with Gasteiger partial charge in [-0.2, -0.15) is 16.9 Å². The lowest BCUT2D eigenvalue weighted by atomic mass is 9.99. The summed E-state index contributed by atoms with van der Waals surface area (Å²) in [6, 6.07) is 16.4. The molecule has 1 heterocycles. The molecule has 0 saturated carbocycles. The number of amides is 1. The maximum absolute atomic E-state index is 12.3. The lowest BCUT2D eigenvalue weighted by Crippen LogP contribution is -2.24. The van der Waals surface area contributed by atoms with Crippen LogP contribution in [0.15, 0.2) is 48.5 Å². The van der Waals surface area contributed by atoms with Crippen molar-refractivity contribution in [1.82, 2.24) is 15.5 Å². The van der Waals surface area contributed by atoms with E-state index in [9.17, 15) is 4.79 Å². The number of H-pyrrole nitrogens is 1. The van der Waals surface area contributed by atoms with Gasteiger partial charge in [0.05, 0.1) is 11.4 Å². The van der Waals surface area contributed by atoms with Crippen molar-refractivity contribution in [2.24, 2.45) is 0 Å². The molecule has 28 heavy (non-hydrogen) atoms. The summed E-state index contributed by atoms with van der Waals surface area (Å²) in [5, 5.41) is 10.9. The summed E-state index contributed by atoms with van der Waals surface area (Å²) < 4.78 is 0. The number of aromatic amines is 1. The highest BCUT2D eigenvalue weighted by Crippen LogP contribution is 2.36. The summed E-state index contributed by atoms with van der Waals surface area (Å²) >= 11 is 1.80. The third-order valence-corrected chi connectivity index (χ3v) is 5.95. The van der Waals surface area contributed by atoms with Gasteiger partial charge in [-0.3, -0.25) is 9.89 Å². The summed E-state index contributed by atoms with van der Waals surface area (Å²) in [4.78, 5) is 12.3. The van der Waals surface area contributed by atoms with Crippen LogP contribution in [0, 0.1) is 0 Å². The lowest BCUT2D eigenvalue weighted by Gasteiger charge is -2.07. The van der Waals surface area contributed by atoms with E-state index in [4.69, 9.17) is 0 Å². The number of carbonyl (C=O) groups excluding carboxylic acids is 1. The topological polar surface area (TPSA) is 57.8 Å². The smallest absolute Gasteiger partial charge is 0.251 e. The van der Waals surface area contributed by atoms with Crippen molar-refractivity contribution in [2.45, 2.75) is 25.7 Å². The molecule has 0 spiro atoms. The van der Waals surface area contributed by atoms with Crippen molar-refractivity contribution in [3.05, 3.63) is 65.2 Å². The molecule has 1 amide bonds. The Balaban J connectivity index is 1.55. The molecule has 5 heteroatoms. The van der Waals surface area contributed by atoms with Crippen LogP contribution in [0.1, 0.15) is 34.3 Å². The van der Waals surface area contributed by atoms with Crippen LogP contribution in [0.4, 0.5) is 0 Å². The van der Waals surface area contributed by atoms with Gasteiger partial charge in [-0.15, -0.1) is 0 Å². The van der Waals surface area contributed by atoms with E-state index in [-0.39, 0.29) is 5.91 Å². The summed E-state index contributed by atoms with van der Waals surface area (Å²) in [5.74, 6) is 1.05. The minimum absolute atomic E-state index is 0.0116. The molecule has 0 saturated heterocycles. The summed E-state index contributed by atoms with van der Waals surface area (Å²) in [6.07, 6.45) is 6.29. The summed E-state index contributed by atoms with van der Waals surface area (Å²) in [7, 11) is 0. The predicted molar refractivity (Wildman–Crippen MR) is 117 cm³/mol. The first-order valence-corrected chi connectivity index (χ1v) is 11.2. The van der Waals surface area contributed by atoms with E-state index in [1.807, 2.05) is 24.3 Å². The minimum Gasteiger partial charge on any atom is -0.352 e. The standard InChI is InChI=1S/C23H25N3OS/c1-28-15-5-14-24-23(27)18-12-10-17(11-13-18)21-20-9-4-7-16-6-2-3-8-19(16)22(20)26-25-21/h2-3,6,8,10-13H,4-5,7,9,14-15H2,1H3,(H,24,27)(H,25,26). The molecule has 0 bridgehead atoms. The second kappa shape index (κ2) is 8.65. The molecule has 2 N–H and O–H groups in total. The van der Waals surface area contributed by atoms with Crippen LogP contribution in [0.3, 0.4) is 0 Å². The van der Waals surface area contributed by atoms with Crippen LogP contribution in [0.2, 0.25) is 0 Å². The Bertz CT molecular complexity index is 962. The predicted octanol–water partition coefficient (Wildman–Crippen LogP) is 4.72. The first-order chi connectivity index (χ1) is 13.8. The number of carbonyl (C=O) groups is 1. The third kappa shape index (κ3) is 3.85. The van der Waals surface area contributed by atoms with Crippen molar-refractivity contribution in [1.29, 1.82) is 0 Å². The average Bonchev–Trinajstić information content (AvgIpc) is 3.06. The van der Waals surface area contributed by atoms with E-state index in [1.165, 1.54) is 16.7 Å². The normalized spacial score (nSPS) is 12.8. The number of aromatic nitrogens is 2. The maximum Gasteiger partial charge on any atom is 0.251 e. The maximum atomic E-state index is 12.3. The Labute approximate surface area is 170 Å². The quantitative estimate of drug-likeness (QED) is 0.598. The molecule has 1 aromatic heterocycles. The fraction of sp³-hybridized carbons (Fsp3) is 0.304. The molecule has 1 aliphatic rings. The largest absolute Gasteiger partial charge is 0.352 e. The Morgan fingerprint density at radius 3 is 2.79 bits per heavy atom. The van der Waals surface area contributed by atoms with E-state index >= 15 is 0 Å². The van der Waals surface area contributed by atoms with Gasteiger partial charge < -0.3 is 5.32 Å². The summed E-state index contributed by atoms with van der Waals surface area (Å²) in [6.45, 7) is 0.716. The molecule has 4 nitrogen and oxygen atoms in total. The number of nitrogens with one attached hydrogen (secondary N) is 2. The van der Waals surface area contributed by atoms with Gasteiger partial charge in [0.15, 0.2) is 0 Å². The Hall–Kier alpha value is -2.53. The molecule has 0 atom stereocenters. The molecule has 4 rings (SSSR count). The Morgan fingerprint density at radius 2 is 1.96 bits per heavy atom. The zero-order chi connectivity index (χ0) is 19.3. The van der Waals surface area contributed by atoms with E-state index in [0.29, 0.717) is 12.1 Å². The van der Waals surface area contributed by atoms with Crippen molar-refractivity contribution in [3.63, 3.8) is 0 Å². The van der Waals surface area contributed by atoms with Crippen LogP contribution >= 0.6 is 11.8 Å². The fourth-order valence-electron chi connectivity index (χ4n) is 3.81. The minimum atomic E-state index is -0.0116. The van der Waals surface area contributed by atoms with Crippen molar-refractivity contribution >= 4 is 17.7 Å². The molecule has 144 valence electrons. The number of benzene rings is 2. The summed E-state index contributed by atoms with van der Waals surface area (Å²) in [5.41, 5.74) is 7.80. The monoisotopic (exact) mass is 391 g/mol. The first kappa shape index (κ1) is 18.8. The highest BCUT2D eigenvalue weighted by molar-refractivity contribution is 7.98. The SMILES string of the molecule is CSCCCNC(=O)c1ccc(-c2n[nH]c3c2CCCc2ccccc2-3)cc1. The van der Waals surface area contributed by atoms with Gasteiger partial charge in [-0.1, -0.05) is 36.4 Å². The molecular weight excluding hydrogens is 366 g/mol. The number of thioether (sulfide) groups is 1. The van der Waals surface area contributed by atoms with Gasteiger partial charge in [-0.05, 0) is 55.4 Å². The van der Waals surface area contributed by atoms with E-state index in [1.54, 1.807) is 11.8 Å². The first-order valence-electron chi connectivity index (χ1n) is 9.81. The average molecular weight is 392 g/mol. The zero-order valence-corrected chi connectivity index (χ0v) is 16.9. The van der Waals surface area contributed by atoms with E-state index in [2.05, 4.69) is 46.0 Å². The molecule has 0 fully saturated rings. The number of aryl methyl sites for hydroxylation is 1. The molecule has 3 aromatic rings. The molecular formula is C23H25N3OS. The van der Waals surface area contributed by atoms with Crippen LogP contribution in [0.5, 0.6) is 0 Å². The van der Waals surface area contributed by atoms with Gasteiger partial charge in [-0.25, -0.2) is 0 Å². The molecule has 0 aliphatic heterocycles. The van der Waals surface area contributed by atoms with Crippen molar-refractivity contribution in [2.75, 3.05) is 18.6 Å². The van der Waals surface area contributed by atoms with E-state index in [0.717, 1.165) is 48.4 Å². The van der Waals surface area contributed by atoms with E-state index < -0.39 is 0 Å². The van der Waals surface area contributed by atoms with Crippen LogP contribution in [0.25, 0.3) is 22.5 Å².